The lowest BCUT2D eigenvalue weighted by atomic mass is 9.97. The molecule has 2 nitrogen and oxygen atoms in total. The zero-order valence-electron chi connectivity index (χ0n) is 10.3. The van der Waals surface area contributed by atoms with Gasteiger partial charge in [0.2, 0.25) is 0 Å². The van der Waals surface area contributed by atoms with Crippen molar-refractivity contribution < 1.29 is 17.9 Å². The Hall–Kier alpha value is -2.22. The number of halogens is 3. The Kier molecular flexibility index (Phi) is 4.76. The molecule has 1 rings (SSSR count). The van der Waals surface area contributed by atoms with Crippen molar-refractivity contribution >= 4 is 5.57 Å². The Labute approximate surface area is 109 Å². The van der Waals surface area contributed by atoms with Gasteiger partial charge in [-0.3, -0.25) is 0 Å². The third kappa shape index (κ3) is 3.38. The minimum absolute atomic E-state index is 0.0756. The maximum Gasteiger partial charge on any atom is 0.418 e. The minimum atomic E-state index is -4.64. The molecule has 0 aliphatic rings. The molecule has 0 aliphatic heterocycles. The molecule has 0 spiro atoms. The van der Waals surface area contributed by atoms with E-state index < -0.39 is 11.7 Å². The molecular weight excluding hydrogens is 255 g/mol. The molecule has 0 saturated heterocycles. The topological polar surface area (TPSA) is 33.0 Å². The van der Waals surface area contributed by atoms with Crippen molar-refractivity contribution in [1.29, 1.82) is 5.26 Å². The highest BCUT2D eigenvalue weighted by atomic mass is 19.4. The number of nitriles is 1. The first-order valence-electron chi connectivity index (χ1n) is 5.40. The lowest BCUT2D eigenvalue weighted by Crippen LogP contribution is -2.14. The van der Waals surface area contributed by atoms with E-state index in [1.165, 1.54) is 31.4 Å². The molecule has 0 aromatic heterocycles. The van der Waals surface area contributed by atoms with E-state index in [0.717, 1.165) is 0 Å². The van der Waals surface area contributed by atoms with Gasteiger partial charge in [0.05, 0.1) is 18.8 Å². The zero-order valence-corrected chi connectivity index (χ0v) is 10.3. The molecule has 0 bridgehead atoms. The summed E-state index contributed by atoms with van der Waals surface area (Å²) in [6.45, 7) is 3.37. The average molecular weight is 267 g/mol. The van der Waals surface area contributed by atoms with Gasteiger partial charge >= 0.3 is 6.18 Å². The summed E-state index contributed by atoms with van der Waals surface area (Å²) in [5.41, 5.74) is -1.50. The minimum Gasteiger partial charge on any atom is -0.496 e. The van der Waals surface area contributed by atoms with Crippen LogP contribution in [0.4, 0.5) is 13.2 Å². The van der Waals surface area contributed by atoms with Crippen LogP contribution in [0.3, 0.4) is 0 Å². The molecule has 5 heteroatoms. The molecule has 0 amide bonds. The highest BCUT2D eigenvalue weighted by Gasteiger charge is 2.38. The van der Waals surface area contributed by atoms with Crippen LogP contribution >= 0.6 is 0 Å². The standard InChI is InChI=1S/C14H12F3NO/c1-3-6-10(9-18)13(14(15,16)17)11-7-4-5-8-12(11)19-2/h3-5,7-8H,1,6H2,2H3/b13-10-. The summed E-state index contributed by atoms with van der Waals surface area (Å²) >= 11 is 0. The number of methoxy groups -OCH3 is 1. The Morgan fingerprint density at radius 1 is 1.42 bits per heavy atom. The SMILES string of the molecule is C=CC/C(C#N)=C(\c1ccccc1OC)C(F)(F)F. The van der Waals surface area contributed by atoms with Gasteiger partial charge in [0.1, 0.15) is 5.75 Å². The third-order valence-corrected chi connectivity index (χ3v) is 2.44. The first-order valence-corrected chi connectivity index (χ1v) is 5.40. The van der Waals surface area contributed by atoms with E-state index in [1.54, 1.807) is 12.1 Å². The largest absolute Gasteiger partial charge is 0.496 e. The monoisotopic (exact) mass is 267 g/mol. The number of hydrogen-bond acceptors (Lipinski definition) is 2. The quantitative estimate of drug-likeness (QED) is 0.607. The number of ether oxygens (including phenoxy) is 1. The van der Waals surface area contributed by atoms with Crippen LogP contribution in [0.5, 0.6) is 5.75 Å². The smallest absolute Gasteiger partial charge is 0.418 e. The van der Waals surface area contributed by atoms with E-state index in [0.29, 0.717) is 0 Å². The van der Waals surface area contributed by atoms with Crippen LogP contribution in [0.2, 0.25) is 0 Å². The van der Waals surface area contributed by atoms with E-state index >= 15 is 0 Å². The molecule has 100 valence electrons. The van der Waals surface area contributed by atoms with E-state index in [4.69, 9.17) is 10.00 Å². The number of nitrogens with zero attached hydrogens (tertiary/aromatic N) is 1. The maximum atomic E-state index is 13.2. The molecule has 1 aromatic rings. The summed E-state index contributed by atoms with van der Waals surface area (Å²) < 4.78 is 44.5. The average Bonchev–Trinajstić information content (AvgIpc) is 2.37. The van der Waals surface area contributed by atoms with Crippen LogP contribution in [-0.4, -0.2) is 13.3 Å². The second-order valence-electron chi connectivity index (χ2n) is 3.66. The molecule has 0 fully saturated rings. The molecule has 0 saturated carbocycles. The summed E-state index contributed by atoms with van der Waals surface area (Å²) in [5.74, 6) is 0.0756. The van der Waals surface area contributed by atoms with Crippen molar-refractivity contribution in [3.05, 3.63) is 48.1 Å². The molecule has 0 heterocycles. The summed E-state index contributed by atoms with van der Waals surface area (Å²) in [6.07, 6.45) is -3.52. The van der Waals surface area contributed by atoms with Crippen molar-refractivity contribution in [1.82, 2.24) is 0 Å². The first kappa shape index (κ1) is 14.8. The number of para-hydroxylation sites is 1. The summed E-state index contributed by atoms with van der Waals surface area (Å²) in [7, 11) is 1.28. The lowest BCUT2D eigenvalue weighted by molar-refractivity contribution is -0.0694. The van der Waals surface area contributed by atoms with Gasteiger partial charge in [0, 0.05) is 17.6 Å². The molecule has 0 atom stereocenters. The molecule has 0 N–H and O–H groups in total. The number of rotatable bonds is 4. The Balaban J connectivity index is 3.59. The molecule has 0 aliphatic carbocycles. The van der Waals surface area contributed by atoms with Crippen molar-refractivity contribution in [2.75, 3.05) is 7.11 Å². The highest BCUT2D eigenvalue weighted by Crippen LogP contribution is 2.40. The van der Waals surface area contributed by atoms with E-state index in [-0.39, 0.29) is 23.3 Å². The third-order valence-electron chi connectivity index (χ3n) is 2.44. The lowest BCUT2D eigenvalue weighted by Gasteiger charge is -2.16. The van der Waals surface area contributed by atoms with Crippen molar-refractivity contribution in [3.63, 3.8) is 0 Å². The number of allylic oxidation sites excluding steroid dienone is 3. The van der Waals surface area contributed by atoms with E-state index in [9.17, 15) is 13.2 Å². The fraction of sp³-hybridized carbons (Fsp3) is 0.214. The molecule has 1 aromatic carbocycles. The van der Waals surface area contributed by atoms with Gasteiger partial charge in [0.15, 0.2) is 0 Å². The van der Waals surface area contributed by atoms with Gasteiger partial charge in [-0.2, -0.15) is 18.4 Å². The molecular formula is C14H12F3NO. The van der Waals surface area contributed by atoms with Crippen LogP contribution in [0, 0.1) is 11.3 Å². The number of alkyl halides is 3. The van der Waals surface area contributed by atoms with Crippen LogP contribution in [0.15, 0.2) is 42.5 Å². The predicted octanol–water partition coefficient (Wildman–Crippen LogP) is 4.11. The Morgan fingerprint density at radius 2 is 2.05 bits per heavy atom. The van der Waals surface area contributed by atoms with Crippen LogP contribution in [0.1, 0.15) is 12.0 Å². The predicted molar refractivity (Wildman–Crippen MR) is 66.4 cm³/mol. The normalized spacial score (nSPS) is 12.4. The number of benzene rings is 1. The fourth-order valence-corrected chi connectivity index (χ4v) is 1.69. The van der Waals surface area contributed by atoms with Crippen molar-refractivity contribution in [2.45, 2.75) is 12.6 Å². The van der Waals surface area contributed by atoms with Gasteiger partial charge in [-0.05, 0) is 6.07 Å². The Morgan fingerprint density at radius 3 is 2.53 bits per heavy atom. The molecule has 0 unspecified atom stereocenters. The molecule has 0 radical (unpaired) electrons. The van der Waals surface area contributed by atoms with Crippen LogP contribution < -0.4 is 4.74 Å². The summed E-state index contributed by atoms with van der Waals surface area (Å²) in [5, 5.41) is 8.92. The fourth-order valence-electron chi connectivity index (χ4n) is 1.69. The Bertz CT molecular complexity index is 538. The van der Waals surface area contributed by atoms with Gasteiger partial charge in [-0.25, -0.2) is 0 Å². The van der Waals surface area contributed by atoms with Crippen LogP contribution in [0.25, 0.3) is 5.57 Å². The van der Waals surface area contributed by atoms with Gasteiger partial charge in [-0.15, -0.1) is 6.58 Å². The van der Waals surface area contributed by atoms with E-state index in [1.807, 2.05) is 0 Å². The second-order valence-corrected chi connectivity index (χ2v) is 3.66. The maximum absolute atomic E-state index is 13.2. The second kappa shape index (κ2) is 6.10. The highest BCUT2D eigenvalue weighted by molar-refractivity contribution is 5.79. The van der Waals surface area contributed by atoms with Crippen molar-refractivity contribution in [3.8, 4) is 11.8 Å². The summed E-state index contributed by atoms with van der Waals surface area (Å²) in [6, 6.07) is 7.32. The van der Waals surface area contributed by atoms with Gasteiger partial charge < -0.3 is 4.74 Å². The van der Waals surface area contributed by atoms with Crippen LogP contribution in [-0.2, 0) is 0 Å². The van der Waals surface area contributed by atoms with Crippen molar-refractivity contribution in [2.24, 2.45) is 0 Å². The zero-order chi connectivity index (χ0) is 14.5. The summed E-state index contributed by atoms with van der Waals surface area (Å²) in [4.78, 5) is 0. The van der Waals surface area contributed by atoms with Gasteiger partial charge in [-0.1, -0.05) is 24.3 Å². The van der Waals surface area contributed by atoms with Gasteiger partial charge in [0.25, 0.3) is 0 Å². The molecule has 19 heavy (non-hydrogen) atoms. The van der Waals surface area contributed by atoms with E-state index in [2.05, 4.69) is 6.58 Å². The number of hydrogen-bond donors (Lipinski definition) is 0. The first-order chi connectivity index (χ1) is 8.95.